The topological polar surface area (TPSA) is 44.4 Å². The van der Waals surface area contributed by atoms with Crippen LogP contribution in [0.4, 0.5) is 0 Å². The van der Waals surface area contributed by atoms with Gasteiger partial charge in [0.1, 0.15) is 0 Å². The Morgan fingerprint density at radius 2 is 1.96 bits per heavy atom. The third-order valence-electron chi connectivity index (χ3n) is 4.49. The second-order valence-corrected chi connectivity index (χ2v) is 6.21. The summed E-state index contributed by atoms with van der Waals surface area (Å²) in [7, 11) is 0. The molecule has 3 rings (SSSR count). The number of carbonyl (C=O) groups excluding carboxylic acids is 1. The van der Waals surface area contributed by atoms with Gasteiger partial charge in [0.15, 0.2) is 0 Å². The largest absolute Gasteiger partial charge is 0.352 e. The summed E-state index contributed by atoms with van der Waals surface area (Å²) in [5, 5.41) is 6.30. The predicted molar refractivity (Wildman–Crippen MR) is 98.3 cm³/mol. The fraction of sp³-hybridized carbons (Fsp3) is 0.588. The molecule has 4 nitrogen and oxygen atoms in total. The highest BCUT2D eigenvalue weighted by Crippen LogP contribution is 2.14. The zero-order valence-corrected chi connectivity index (χ0v) is 15.1. The molecule has 2 N–H and O–H groups in total. The van der Waals surface area contributed by atoms with Crippen LogP contribution in [-0.2, 0) is 17.9 Å². The van der Waals surface area contributed by atoms with Crippen LogP contribution in [0.3, 0.4) is 0 Å². The van der Waals surface area contributed by atoms with Gasteiger partial charge in [-0.05, 0) is 50.0 Å². The van der Waals surface area contributed by atoms with Crippen LogP contribution in [0.25, 0.3) is 0 Å². The molecular formula is C17H27Cl2N3O. The summed E-state index contributed by atoms with van der Waals surface area (Å²) < 4.78 is 0. The molecule has 23 heavy (non-hydrogen) atoms. The first-order chi connectivity index (χ1) is 10.3. The van der Waals surface area contributed by atoms with Crippen LogP contribution in [0.5, 0.6) is 0 Å². The van der Waals surface area contributed by atoms with E-state index in [-0.39, 0.29) is 36.6 Å². The minimum absolute atomic E-state index is 0. The van der Waals surface area contributed by atoms with Gasteiger partial charge in [0.05, 0.1) is 5.92 Å². The first kappa shape index (κ1) is 20.2. The second kappa shape index (κ2) is 10.1. The number of carbonyl (C=O) groups is 1. The van der Waals surface area contributed by atoms with Crippen molar-refractivity contribution < 1.29 is 4.79 Å². The molecule has 2 aliphatic heterocycles. The van der Waals surface area contributed by atoms with Crippen molar-refractivity contribution in [2.45, 2.75) is 32.4 Å². The molecular weight excluding hydrogens is 333 g/mol. The maximum absolute atomic E-state index is 12.0. The maximum Gasteiger partial charge on any atom is 0.224 e. The van der Waals surface area contributed by atoms with Gasteiger partial charge < -0.3 is 10.6 Å². The number of amides is 1. The van der Waals surface area contributed by atoms with E-state index < -0.39 is 0 Å². The minimum atomic E-state index is 0. The van der Waals surface area contributed by atoms with E-state index in [1.807, 2.05) is 0 Å². The highest BCUT2D eigenvalue weighted by atomic mass is 35.5. The van der Waals surface area contributed by atoms with E-state index in [0.717, 1.165) is 26.1 Å². The Kier molecular flexibility index (Phi) is 8.92. The van der Waals surface area contributed by atoms with E-state index in [0.29, 0.717) is 6.54 Å². The van der Waals surface area contributed by atoms with Gasteiger partial charge in [-0.15, -0.1) is 24.8 Å². The molecule has 1 atom stereocenters. The molecule has 0 radical (unpaired) electrons. The van der Waals surface area contributed by atoms with Crippen LogP contribution in [-0.4, -0.2) is 37.0 Å². The van der Waals surface area contributed by atoms with Gasteiger partial charge in [-0.3, -0.25) is 9.69 Å². The summed E-state index contributed by atoms with van der Waals surface area (Å²) in [6, 6.07) is 8.61. The van der Waals surface area contributed by atoms with Gasteiger partial charge >= 0.3 is 0 Å². The Balaban J connectivity index is 0.00000132. The number of rotatable bonds is 5. The van der Waals surface area contributed by atoms with Crippen molar-refractivity contribution in [3.05, 3.63) is 35.4 Å². The average molecular weight is 360 g/mol. The fourth-order valence-electron chi connectivity index (χ4n) is 3.25. The summed E-state index contributed by atoms with van der Waals surface area (Å²) in [6.45, 7) is 5.90. The maximum atomic E-state index is 12.0. The van der Waals surface area contributed by atoms with Crippen molar-refractivity contribution in [1.29, 1.82) is 0 Å². The third-order valence-corrected chi connectivity index (χ3v) is 4.49. The van der Waals surface area contributed by atoms with Crippen molar-refractivity contribution in [3.8, 4) is 0 Å². The average Bonchev–Trinajstić information content (AvgIpc) is 3.18. The molecule has 2 aliphatic rings. The molecule has 1 aromatic rings. The molecule has 0 aliphatic carbocycles. The third kappa shape index (κ3) is 5.96. The van der Waals surface area contributed by atoms with Gasteiger partial charge in [0.25, 0.3) is 0 Å². The zero-order valence-electron chi connectivity index (χ0n) is 13.4. The molecule has 1 aromatic carbocycles. The van der Waals surface area contributed by atoms with E-state index in [1.54, 1.807) is 0 Å². The standard InChI is InChI=1S/C17H25N3O.2ClH/c21-17(16-6-7-18-12-16)19-11-14-4-3-5-15(10-14)13-20-8-1-2-9-20;;/h3-5,10,16,18H,1-2,6-9,11-13H2,(H,19,21);2*1H. The van der Waals surface area contributed by atoms with Gasteiger partial charge in [-0.1, -0.05) is 24.3 Å². The smallest absolute Gasteiger partial charge is 0.224 e. The summed E-state index contributed by atoms with van der Waals surface area (Å²) in [4.78, 5) is 14.5. The number of hydrogen-bond donors (Lipinski definition) is 2. The number of halogens is 2. The van der Waals surface area contributed by atoms with E-state index in [2.05, 4.69) is 39.8 Å². The van der Waals surface area contributed by atoms with E-state index in [4.69, 9.17) is 0 Å². The summed E-state index contributed by atoms with van der Waals surface area (Å²) in [5.41, 5.74) is 2.55. The fourth-order valence-corrected chi connectivity index (χ4v) is 3.25. The van der Waals surface area contributed by atoms with Crippen molar-refractivity contribution in [2.24, 2.45) is 5.92 Å². The lowest BCUT2D eigenvalue weighted by molar-refractivity contribution is -0.124. The van der Waals surface area contributed by atoms with Crippen LogP contribution in [0.1, 0.15) is 30.4 Å². The van der Waals surface area contributed by atoms with Crippen molar-refractivity contribution in [3.63, 3.8) is 0 Å². The summed E-state index contributed by atoms with van der Waals surface area (Å²) in [6.07, 6.45) is 3.61. The number of nitrogens with zero attached hydrogens (tertiary/aromatic N) is 1. The van der Waals surface area contributed by atoms with Crippen LogP contribution < -0.4 is 10.6 Å². The molecule has 6 heteroatoms. The molecule has 0 aromatic heterocycles. The molecule has 0 bridgehead atoms. The molecule has 2 heterocycles. The van der Waals surface area contributed by atoms with Crippen LogP contribution in [0.15, 0.2) is 24.3 Å². The van der Waals surface area contributed by atoms with Gasteiger partial charge in [0.2, 0.25) is 5.91 Å². The molecule has 0 saturated carbocycles. The number of benzene rings is 1. The van der Waals surface area contributed by atoms with Crippen molar-refractivity contribution >= 4 is 30.7 Å². The molecule has 130 valence electrons. The van der Waals surface area contributed by atoms with Crippen LogP contribution >= 0.6 is 24.8 Å². The van der Waals surface area contributed by atoms with Gasteiger partial charge in [0, 0.05) is 19.6 Å². The zero-order chi connectivity index (χ0) is 14.5. The molecule has 1 unspecified atom stereocenters. The summed E-state index contributed by atoms with van der Waals surface area (Å²) >= 11 is 0. The lowest BCUT2D eigenvalue weighted by Gasteiger charge is -2.15. The number of nitrogens with one attached hydrogen (secondary N) is 2. The lowest BCUT2D eigenvalue weighted by Crippen LogP contribution is -2.31. The number of likely N-dealkylation sites (tertiary alicyclic amines) is 1. The molecule has 0 spiro atoms. The SMILES string of the molecule is Cl.Cl.O=C(NCc1cccc(CN2CCCC2)c1)C1CCNC1. The Morgan fingerprint density at radius 1 is 1.22 bits per heavy atom. The Labute approximate surface area is 151 Å². The Morgan fingerprint density at radius 3 is 2.65 bits per heavy atom. The van der Waals surface area contributed by atoms with Crippen LogP contribution in [0.2, 0.25) is 0 Å². The normalized spacial score (nSPS) is 20.6. The van der Waals surface area contributed by atoms with E-state index >= 15 is 0 Å². The molecule has 2 saturated heterocycles. The lowest BCUT2D eigenvalue weighted by atomic mass is 10.1. The Hall–Kier alpha value is -0.810. The van der Waals surface area contributed by atoms with E-state index in [1.165, 1.54) is 37.1 Å². The quantitative estimate of drug-likeness (QED) is 0.847. The van der Waals surface area contributed by atoms with Crippen molar-refractivity contribution in [2.75, 3.05) is 26.2 Å². The number of hydrogen-bond acceptors (Lipinski definition) is 3. The monoisotopic (exact) mass is 359 g/mol. The first-order valence-corrected chi connectivity index (χ1v) is 8.10. The van der Waals surface area contributed by atoms with Gasteiger partial charge in [-0.2, -0.15) is 0 Å². The Bertz CT molecular complexity index is 486. The van der Waals surface area contributed by atoms with Crippen molar-refractivity contribution in [1.82, 2.24) is 15.5 Å². The minimum Gasteiger partial charge on any atom is -0.352 e. The molecule has 1 amide bonds. The van der Waals surface area contributed by atoms with Crippen LogP contribution in [0, 0.1) is 5.92 Å². The highest BCUT2D eigenvalue weighted by Gasteiger charge is 2.21. The van der Waals surface area contributed by atoms with Gasteiger partial charge in [-0.25, -0.2) is 0 Å². The predicted octanol–water partition coefficient (Wildman–Crippen LogP) is 2.35. The first-order valence-electron chi connectivity index (χ1n) is 8.10. The van der Waals surface area contributed by atoms with E-state index in [9.17, 15) is 4.79 Å². The second-order valence-electron chi connectivity index (χ2n) is 6.21. The summed E-state index contributed by atoms with van der Waals surface area (Å²) in [5.74, 6) is 0.336. The molecule has 2 fully saturated rings. The highest BCUT2D eigenvalue weighted by molar-refractivity contribution is 5.85.